The Labute approximate surface area is 126 Å². The number of benzene rings is 2. The molecule has 0 unspecified atom stereocenters. The summed E-state index contributed by atoms with van der Waals surface area (Å²) >= 11 is 1.44. The normalized spacial score (nSPS) is 10.5. The number of carbonyl (C=O) groups is 1. The van der Waals surface area contributed by atoms with Crippen LogP contribution in [0.5, 0.6) is 0 Å². The molecule has 3 rings (SSSR count). The minimum absolute atomic E-state index is 0.136. The average molecular weight is 295 g/mol. The Bertz CT molecular complexity index is 751. The fourth-order valence-electron chi connectivity index (χ4n) is 2.14. The van der Waals surface area contributed by atoms with Crippen LogP contribution in [0.4, 0.5) is 0 Å². The van der Waals surface area contributed by atoms with Gasteiger partial charge >= 0.3 is 5.97 Å². The van der Waals surface area contributed by atoms with E-state index in [-0.39, 0.29) is 5.69 Å². The van der Waals surface area contributed by atoms with E-state index in [4.69, 9.17) is 0 Å². The van der Waals surface area contributed by atoms with Crippen molar-refractivity contribution >= 4 is 17.3 Å². The van der Waals surface area contributed by atoms with Gasteiger partial charge in [-0.25, -0.2) is 9.78 Å². The number of hydrogen-bond acceptors (Lipinski definition) is 3. The maximum absolute atomic E-state index is 11.4. The number of hydrogen-bond donors (Lipinski definition) is 1. The van der Waals surface area contributed by atoms with Gasteiger partial charge in [-0.15, -0.1) is 11.3 Å². The Morgan fingerprint density at radius 1 is 1.00 bits per heavy atom. The summed E-state index contributed by atoms with van der Waals surface area (Å²) in [5.74, 6) is -0.982. The molecule has 0 fully saturated rings. The standard InChI is InChI=1S/C17H13NO2S/c19-17(20)15-16(13-9-5-2-6-10-13)21-14(18-15)11-12-7-3-1-4-8-12/h1-10H,11H2,(H,19,20). The Morgan fingerprint density at radius 3 is 2.24 bits per heavy atom. The first-order valence-corrected chi connectivity index (χ1v) is 7.38. The maximum atomic E-state index is 11.4. The van der Waals surface area contributed by atoms with E-state index in [0.717, 1.165) is 16.1 Å². The summed E-state index contributed by atoms with van der Waals surface area (Å²) in [6.45, 7) is 0. The van der Waals surface area contributed by atoms with Crippen LogP contribution in [0.15, 0.2) is 60.7 Å². The van der Waals surface area contributed by atoms with Gasteiger partial charge in [0.05, 0.1) is 9.88 Å². The van der Waals surface area contributed by atoms with Crippen molar-refractivity contribution in [2.75, 3.05) is 0 Å². The third kappa shape index (κ3) is 3.01. The number of carboxylic acid groups (broad SMARTS) is 1. The topological polar surface area (TPSA) is 50.2 Å². The molecule has 3 aromatic rings. The largest absolute Gasteiger partial charge is 0.476 e. The highest BCUT2D eigenvalue weighted by Crippen LogP contribution is 2.31. The van der Waals surface area contributed by atoms with Crippen LogP contribution in [0, 0.1) is 0 Å². The van der Waals surface area contributed by atoms with Crippen molar-refractivity contribution in [2.24, 2.45) is 0 Å². The van der Waals surface area contributed by atoms with Gasteiger partial charge in [0.1, 0.15) is 0 Å². The first-order chi connectivity index (χ1) is 10.2. The third-order valence-corrected chi connectivity index (χ3v) is 4.21. The highest BCUT2D eigenvalue weighted by Gasteiger charge is 2.18. The Balaban J connectivity index is 1.99. The Kier molecular flexibility index (Phi) is 3.79. The minimum atomic E-state index is -0.982. The second-order valence-corrected chi connectivity index (χ2v) is 5.70. The summed E-state index contributed by atoms with van der Waals surface area (Å²) in [6.07, 6.45) is 0.651. The molecule has 104 valence electrons. The first kappa shape index (κ1) is 13.5. The predicted molar refractivity (Wildman–Crippen MR) is 83.8 cm³/mol. The molecule has 21 heavy (non-hydrogen) atoms. The molecule has 2 aromatic carbocycles. The number of thiazole rings is 1. The Morgan fingerprint density at radius 2 is 1.62 bits per heavy atom. The van der Waals surface area contributed by atoms with Crippen LogP contribution in [-0.4, -0.2) is 16.1 Å². The summed E-state index contributed by atoms with van der Waals surface area (Å²) in [4.78, 5) is 16.4. The fraction of sp³-hybridized carbons (Fsp3) is 0.0588. The number of aromatic nitrogens is 1. The van der Waals surface area contributed by atoms with Gasteiger partial charge in [0.15, 0.2) is 5.69 Å². The quantitative estimate of drug-likeness (QED) is 0.788. The lowest BCUT2D eigenvalue weighted by Gasteiger charge is -1.97. The minimum Gasteiger partial charge on any atom is -0.476 e. The van der Waals surface area contributed by atoms with Gasteiger partial charge < -0.3 is 5.11 Å². The molecule has 1 aromatic heterocycles. The summed E-state index contributed by atoms with van der Waals surface area (Å²) in [5.41, 5.74) is 2.16. The smallest absolute Gasteiger partial charge is 0.356 e. The van der Waals surface area contributed by atoms with E-state index in [1.54, 1.807) is 0 Å². The highest BCUT2D eigenvalue weighted by atomic mass is 32.1. The molecule has 4 heteroatoms. The molecule has 0 aliphatic rings. The second-order valence-electron chi connectivity index (χ2n) is 4.62. The van der Waals surface area contributed by atoms with E-state index in [1.165, 1.54) is 11.3 Å². The number of nitrogens with zero attached hydrogens (tertiary/aromatic N) is 1. The predicted octanol–water partition coefficient (Wildman–Crippen LogP) is 4.10. The Hall–Kier alpha value is -2.46. The molecule has 0 atom stereocenters. The molecule has 0 saturated carbocycles. The van der Waals surface area contributed by atoms with Crippen LogP contribution in [0.2, 0.25) is 0 Å². The lowest BCUT2D eigenvalue weighted by atomic mass is 10.1. The lowest BCUT2D eigenvalue weighted by molar-refractivity contribution is 0.0692. The monoisotopic (exact) mass is 295 g/mol. The van der Waals surface area contributed by atoms with Crippen LogP contribution in [0.25, 0.3) is 10.4 Å². The van der Waals surface area contributed by atoms with Crippen molar-refractivity contribution in [3.05, 3.63) is 76.9 Å². The zero-order chi connectivity index (χ0) is 14.7. The van der Waals surface area contributed by atoms with Crippen LogP contribution < -0.4 is 0 Å². The van der Waals surface area contributed by atoms with E-state index in [1.807, 2.05) is 60.7 Å². The van der Waals surface area contributed by atoms with E-state index in [9.17, 15) is 9.90 Å². The molecule has 0 radical (unpaired) electrons. The van der Waals surface area contributed by atoms with Crippen molar-refractivity contribution in [1.82, 2.24) is 4.98 Å². The van der Waals surface area contributed by atoms with Gasteiger partial charge in [-0.2, -0.15) is 0 Å². The summed E-state index contributed by atoms with van der Waals surface area (Å²) in [6, 6.07) is 19.5. The number of rotatable bonds is 4. The summed E-state index contributed by atoms with van der Waals surface area (Å²) < 4.78 is 0. The molecular formula is C17H13NO2S. The van der Waals surface area contributed by atoms with Crippen LogP contribution in [-0.2, 0) is 6.42 Å². The number of carboxylic acids is 1. The van der Waals surface area contributed by atoms with E-state index in [2.05, 4.69) is 4.98 Å². The first-order valence-electron chi connectivity index (χ1n) is 6.56. The van der Waals surface area contributed by atoms with Gasteiger partial charge in [-0.1, -0.05) is 60.7 Å². The fourth-order valence-corrected chi connectivity index (χ4v) is 3.24. The van der Waals surface area contributed by atoms with Gasteiger partial charge in [-0.3, -0.25) is 0 Å². The molecule has 1 heterocycles. The van der Waals surface area contributed by atoms with Gasteiger partial charge in [-0.05, 0) is 11.1 Å². The highest BCUT2D eigenvalue weighted by molar-refractivity contribution is 7.15. The van der Waals surface area contributed by atoms with Crippen molar-refractivity contribution in [1.29, 1.82) is 0 Å². The molecule has 0 saturated heterocycles. The SMILES string of the molecule is O=C(O)c1nc(Cc2ccccc2)sc1-c1ccccc1. The van der Waals surface area contributed by atoms with Gasteiger partial charge in [0.25, 0.3) is 0 Å². The molecule has 1 N–H and O–H groups in total. The molecule has 0 aliphatic heterocycles. The third-order valence-electron chi connectivity index (χ3n) is 3.11. The van der Waals surface area contributed by atoms with Crippen molar-refractivity contribution in [3.8, 4) is 10.4 Å². The summed E-state index contributed by atoms with van der Waals surface area (Å²) in [7, 11) is 0. The van der Waals surface area contributed by atoms with Gasteiger partial charge in [0.2, 0.25) is 0 Å². The van der Waals surface area contributed by atoms with Crippen LogP contribution in [0.3, 0.4) is 0 Å². The molecule has 3 nitrogen and oxygen atoms in total. The molecular weight excluding hydrogens is 282 g/mol. The maximum Gasteiger partial charge on any atom is 0.356 e. The zero-order valence-corrected chi connectivity index (χ0v) is 12.0. The van der Waals surface area contributed by atoms with Crippen LogP contribution in [0.1, 0.15) is 21.1 Å². The lowest BCUT2D eigenvalue weighted by Crippen LogP contribution is -1.99. The van der Waals surface area contributed by atoms with Crippen molar-refractivity contribution in [2.45, 2.75) is 6.42 Å². The number of aromatic carboxylic acids is 1. The van der Waals surface area contributed by atoms with Crippen LogP contribution >= 0.6 is 11.3 Å². The summed E-state index contributed by atoms with van der Waals surface area (Å²) in [5, 5.41) is 10.2. The van der Waals surface area contributed by atoms with E-state index >= 15 is 0 Å². The molecule has 0 spiro atoms. The average Bonchev–Trinajstić information content (AvgIpc) is 2.93. The molecule has 0 aliphatic carbocycles. The molecule has 0 bridgehead atoms. The molecule has 0 amide bonds. The second kappa shape index (κ2) is 5.89. The van der Waals surface area contributed by atoms with Crippen molar-refractivity contribution < 1.29 is 9.90 Å². The zero-order valence-electron chi connectivity index (χ0n) is 11.2. The van der Waals surface area contributed by atoms with Crippen molar-refractivity contribution in [3.63, 3.8) is 0 Å². The van der Waals surface area contributed by atoms with Gasteiger partial charge in [0, 0.05) is 6.42 Å². The van der Waals surface area contributed by atoms with E-state index < -0.39 is 5.97 Å². The van der Waals surface area contributed by atoms with E-state index in [0.29, 0.717) is 11.3 Å².